The first-order valence-corrected chi connectivity index (χ1v) is 10.4. The van der Waals surface area contributed by atoms with Gasteiger partial charge < -0.3 is 20.8 Å². The molecule has 1 unspecified atom stereocenters. The zero-order chi connectivity index (χ0) is 22.8. The molecule has 168 valence electrons. The van der Waals surface area contributed by atoms with Crippen molar-refractivity contribution in [1.29, 1.82) is 0 Å². The van der Waals surface area contributed by atoms with Crippen molar-refractivity contribution >= 4 is 24.0 Å². The van der Waals surface area contributed by atoms with Gasteiger partial charge in [-0.15, -0.1) is 11.6 Å². The van der Waals surface area contributed by atoms with Gasteiger partial charge in [0.25, 0.3) is 0 Å². The average Bonchev–Trinajstić information content (AvgIpc) is 3.20. The standard InChI is InChI=1S/C12H17N5O2.C9H12ClNO/c1-8-3-13-12(15-10(5-18)6-19)16-11(8)17-4-9(2)14-7-17;1-7(11-6-12)8-3-2-4-9(10)5-8/h3-4,7,10,18-19H,5-6H2,1-2H3,(H,13,15,16);2-3,5-7,9H,4H2,1H3,(H,11,12)/t;7-,9?/m.1/s1. The molecule has 0 spiro atoms. The molecular weight excluding hydrogens is 420 g/mol. The Balaban J connectivity index is 0.000000245. The second-order valence-corrected chi connectivity index (χ2v) is 7.72. The highest BCUT2D eigenvalue weighted by molar-refractivity contribution is 6.22. The number of halogens is 1. The summed E-state index contributed by atoms with van der Waals surface area (Å²) in [6.45, 7) is 5.36. The Bertz CT molecular complexity index is 910. The lowest BCUT2D eigenvalue weighted by atomic mass is 10.0. The van der Waals surface area contributed by atoms with Crippen molar-refractivity contribution in [3.8, 4) is 5.82 Å². The highest BCUT2D eigenvalue weighted by atomic mass is 35.5. The summed E-state index contributed by atoms with van der Waals surface area (Å²) in [6.07, 6.45) is 12.8. The number of alkyl halides is 1. The van der Waals surface area contributed by atoms with Gasteiger partial charge in [0.05, 0.1) is 36.4 Å². The van der Waals surface area contributed by atoms with Gasteiger partial charge >= 0.3 is 0 Å². The van der Waals surface area contributed by atoms with E-state index in [2.05, 4.69) is 25.6 Å². The van der Waals surface area contributed by atoms with Crippen LogP contribution in [0, 0.1) is 13.8 Å². The number of nitrogens with one attached hydrogen (secondary N) is 2. The molecule has 2 aromatic rings. The summed E-state index contributed by atoms with van der Waals surface area (Å²) in [6, 6.07) is -0.416. The number of amides is 1. The number of nitrogens with zero attached hydrogens (tertiary/aromatic N) is 4. The molecule has 1 amide bonds. The first kappa shape index (κ1) is 24.5. The number of aliphatic hydroxyl groups is 2. The Morgan fingerprint density at radius 2 is 2.06 bits per heavy atom. The van der Waals surface area contributed by atoms with Crippen LogP contribution >= 0.6 is 11.6 Å². The van der Waals surface area contributed by atoms with Crippen LogP contribution in [0.4, 0.5) is 5.95 Å². The molecule has 2 aromatic heterocycles. The highest BCUT2D eigenvalue weighted by Crippen LogP contribution is 2.17. The van der Waals surface area contributed by atoms with Gasteiger partial charge in [-0.1, -0.05) is 18.2 Å². The maximum Gasteiger partial charge on any atom is 0.225 e. The van der Waals surface area contributed by atoms with Crippen LogP contribution in [0.3, 0.4) is 0 Å². The number of hydrogen-bond acceptors (Lipinski definition) is 7. The Labute approximate surface area is 186 Å². The van der Waals surface area contributed by atoms with Crippen LogP contribution in [-0.2, 0) is 4.79 Å². The molecule has 0 radical (unpaired) electrons. The monoisotopic (exact) mass is 448 g/mol. The van der Waals surface area contributed by atoms with Gasteiger partial charge in [0, 0.05) is 18.0 Å². The topological polar surface area (TPSA) is 125 Å². The third-order valence-electron chi connectivity index (χ3n) is 4.54. The molecule has 0 saturated heterocycles. The zero-order valence-corrected chi connectivity index (χ0v) is 18.6. The Hall–Kier alpha value is -2.75. The number of rotatable bonds is 8. The van der Waals surface area contributed by atoms with Gasteiger partial charge in [-0.2, -0.15) is 4.98 Å². The van der Waals surface area contributed by atoms with E-state index in [0.29, 0.717) is 18.2 Å². The van der Waals surface area contributed by atoms with Crippen LogP contribution in [0.1, 0.15) is 24.6 Å². The predicted octanol–water partition coefficient (Wildman–Crippen LogP) is 1.66. The molecular formula is C21H29ClN6O3. The normalized spacial score (nSPS) is 16.2. The van der Waals surface area contributed by atoms with Crippen molar-refractivity contribution < 1.29 is 15.0 Å². The number of aryl methyl sites for hydroxylation is 2. The van der Waals surface area contributed by atoms with Crippen molar-refractivity contribution in [3.05, 3.63) is 53.8 Å². The Morgan fingerprint density at radius 1 is 1.32 bits per heavy atom. The van der Waals surface area contributed by atoms with Crippen molar-refractivity contribution in [3.63, 3.8) is 0 Å². The smallest absolute Gasteiger partial charge is 0.225 e. The van der Waals surface area contributed by atoms with Gasteiger partial charge in [-0.3, -0.25) is 9.36 Å². The van der Waals surface area contributed by atoms with Crippen LogP contribution in [0.5, 0.6) is 0 Å². The lowest BCUT2D eigenvalue weighted by molar-refractivity contribution is -0.109. The highest BCUT2D eigenvalue weighted by Gasteiger charge is 2.11. The molecule has 10 heteroatoms. The van der Waals surface area contributed by atoms with E-state index in [-0.39, 0.29) is 24.6 Å². The van der Waals surface area contributed by atoms with E-state index in [1.54, 1.807) is 12.5 Å². The number of carbonyl (C=O) groups excluding carboxylic acids is 1. The molecule has 0 fully saturated rings. The van der Waals surface area contributed by atoms with Crippen LogP contribution in [0.2, 0.25) is 0 Å². The van der Waals surface area contributed by atoms with Crippen molar-refractivity contribution in [2.24, 2.45) is 0 Å². The largest absolute Gasteiger partial charge is 0.394 e. The predicted molar refractivity (Wildman–Crippen MR) is 120 cm³/mol. The number of anilines is 1. The average molecular weight is 449 g/mol. The second-order valence-electron chi connectivity index (χ2n) is 7.16. The number of imidazole rings is 1. The summed E-state index contributed by atoms with van der Waals surface area (Å²) >= 11 is 5.91. The summed E-state index contributed by atoms with van der Waals surface area (Å²) in [5, 5.41) is 23.7. The molecule has 2 heterocycles. The van der Waals surface area contributed by atoms with Gasteiger partial charge in [-0.05, 0) is 32.8 Å². The number of hydrogen-bond donors (Lipinski definition) is 4. The molecule has 1 aliphatic rings. The lowest BCUT2D eigenvalue weighted by Crippen LogP contribution is -2.28. The van der Waals surface area contributed by atoms with Gasteiger partial charge in [0.1, 0.15) is 12.1 Å². The van der Waals surface area contributed by atoms with Gasteiger partial charge in [0.2, 0.25) is 12.4 Å². The van der Waals surface area contributed by atoms with E-state index in [4.69, 9.17) is 21.8 Å². The number of aliphatic hydroxyl groups excluding tert-OH is 2. The summed E-state index contributed by atoms with van der Waals surface area (Å²) in [7, 11) is 0. The Morgan fingerprint density at radius 3 is 2.65 bits per heavy atom. The second kappa shape index (κ2) is 12.2. The van der Waals surface area contributed by atoms with E-state index < -0.39 is 6.04 Å². The molecule has 1 aliphatic carbocycles. The summed E-state index contributed by atoms with van der Waals surface area (Å²) in [4.78, 5) is 22.8. The molecule has 9 nitrogen and oxygen atoms in total. The molecule has 4 N–H and O–H groups in total. The Kier molecular flexibility index (Phi) is 9.64. The quantitative estimate of drug-likeness (QED) is 0.357. The lowest BCUT2D eigenvalue weighted by Gasteiger charge is -2.16. The fourth-order valence-corrected chi connectivity index (χ4v) is 3.03. The van der Waals surface area contributed by atoms with Gasteiger partial charge in [-0.25, -0.2) is 9.97 Å². The number of aromatic nitrogens is 4. The first-order valence-electron chi connectivity index (χ1n) is 9.92. The SMILES string of the molecule is C[C@@H](NC=O)C1=CC(Cl)CC=C1.Cc1cn(-c2nc(NC(CO)CO)ncc2C)cn1. The van der Waals surface area contributed by atoms with Gasteiger partial charge in [0.15, 0.2) is 0 Å². The van der Waals surface area contributed by atoms with Crippen molar-refractivity contribution in [1.82, 2.24) is 24.8 Å². The molecule has 0 bridgehead atoms. The molecule has 31 heavy (non-hydrogen) atoms. The van der Waals surface area contributed by atoms with E-state index >= 15 is 0 Å². The first-order chi connectivity index (χ1) is 14.9. The molecule has 0 aliphatic heterocycles. The third-order valence-corrected chi connectivity index (χ3v) is 4.84. The summed E-state index contributed by atoms with van der Waals surface area (Å²) < 4.78 is 1.81. The maximum absolute atomic E-state index is 10.1. The fraction of sp³-hybridized carbons (Fsp3) is 0.429. The van der Waals surface area contributed by atoms with Crippen molar-refractivity contribution in [2.75, 3.05) is 18.5 Å². The van der Waals surface area contributed by atoms with Crippen LogP contribution < -0.4 is 10.6 Å². The third kappa shape index (κ3) is 7.46. The number of carbonyl (C=O) groups is 1. The maximum atomic E-state index is 10.1. The summed E-state index contributed by atoms with van der Waals surface area (Å²) in [5.74, 6) is 1.08. The van der Waals surface area contributed by atoms with E-state index in [9.17, 15) is 4.79 Å². The minimum Gasteiger partial charge on any atom is -0.394 e. The molecule has 0 aromatic carbocycles. The van der Waals surface area contributed by atoms with E-state index in [1.165, 1.54) is 0 Å². The summed E-state index contributed by atoms with van der Waals surface area (Å²) in [5.41, 5.74) is 2.89. The molecule has 3 rings (SSSR count). The number of allylic oxidation sites excluding steroid dienone is 2. The molecule has 0 saturated carbocycles. The van der Waals surface area contributed by atoms with Crippen LogP contribution in [-0.4, -0.2) is 66.8 Å². The van der Waals surface area contributed by atoms with Crippen LogP contribution in [0.25, 0.3) is 5.82 Å². The molecule has 2 atom stereocenters. The van der Waals surface area contributed by atoms with E-state index in [0.717, 1.165) is 23.3 Å². The van der Waals surface area contributed by atoms with Crippen molar-refractivity contribution in [2.45, 2.75) is 44.7 Å². The fourth-order valence-electron chi connectivity index (χ4n) is 2.79. The van der Waals surface area contributed by atoms with Crippen LogP contribution in [0.15, 0.2) is 42.5 Å². The van der Waals surface area contributed by atoms with E-state index in [1.807, 2.05) is 49.8 Å². The zero-order valence-electron chi connectivity index (χ0n) is 17.9. The minimum absolute atomic E-state index is 0.0558. The minimum atomic E-state index is -0.472.